The second-order valence-electron chi connectivity index (χ2n) is 4.60. The van der Waals surface area contributed by atoms with E-state index in [1.807, 2.05) is 0 Å². The van der Waals surface area contributed by atoms with Gasteiger partial charge in [0, 0.05) is 17.5 Å². The summed E-state index contributed by atoms with van der Waals surface area (Å²) in [5.74, 6) is 0.308. The third-order valence-corrected chi connectivity index (χ3v) is 4.40. The fourth-order valence-corrected chi connectivity index (χ4v) is 3.43. The van der Waals surface area contributed by atoms with Crippen LogP contribution in [0, 0.1) is 5.82 Å². The Morgan fingerprint density at radius 1 is 1.37 bits per heavy atom. The molecule has 3 nitrogen and oxygen atoms in total. The molecule has 1 N–H and O–H groups in total. The van der Waals surface area contributed by atoms with E-state index in [-0.39, 0.29) is 11.9 Å². The minimum absolute atomic E-state index is 0.0227. The maximum atomic E-state index is 13.2. The van der Waals surface area contributed by atoms with E-state index >= 15 is 0 Å². The van der Waals surface area contributed by atoms with Crippen LogP contribution in [-0.4, -0.2) is 11.5 Å². The molecule has 3 aromatic rings. The number of rotatable bonds is 1. The van der Waals surface area contributed by atoms with Gasteiger partial charge in [-0.2, -0.15) is 0 Å². The van der Waals surface area contributed by atoms with Crippen LogP contribution < -0.4 is 5.32 Å². The van der Waals surface area contributed by atoms with Crippen molar-refractivity contribution in [3.05, 3.63) is 51.8 Å². The molecule has 1 unspecified atom stereocenters. The standard InChI is InChI=1S/C14H11FN2OS/c15-8-1-2-10-11(7-8)18-14(17-10)13-9-4-6-19-12(9)3-5-16-13/h1-2,4,6-7,13,16H,3,5H2. The van der Waals surface area contributed by atoms with Crippen molar-refractivity contribution in [1.29, 1.82) is 0 Å². The van der Waals surface area contributed by atoms with Gasteiger partial charge in [-0.1, -0.05) is 0 Å². The number of nitrogens with one attached hydrogen (secondary N) is 1. The second kappa shape index (κ2) is 4.15. The molecule has 1 aliphatic heterocycles. The monoisotopic (exact) mass is 274 g/mol. The van der Waals surface area contributed by atoms with E-state index in [4.69, 9.17) is 4.42 Å². The molecule has 0 aliphatic carbocycles. The molecule has 1 aromatic carbocycles. The van der Waals surface area contributed by atoms with E-state index in [2.05, 4.69) is 21.7 Å². The van der Waals surface area contributed by atoms with Crippen molar-refractivity contribution < 1.29 is 8.81 Å². The van der Waals surface area contributed by atoms with Crippen LogP contribution in [0.4, 0.5) is 4.39 Å². The number of thiophene rings is 1. The van der Waals surface area contributed by atoms with Gasteiger partial charge in [-0.15, -0.1) is 11.3 Å². The molecular weight excluding hydrogens is 263 g/mol. The number of benzene rings is 1. The van der Waals surface area contributed by atoms with E-state index in [1.54, 1.807) is 17.4 Å². The predicted octanol–water partition coefficient (Wildman–Crippen LogP) is 3.26. The molecule has 0 saturated carbocycles. The predicted molar refractivity (Wildman–Crippen MR) is 71.8 cm³/mol. The minimum Gasteiger partial charge on any atom is -0.438 e. The summed E-state index contributed by atoms with van der Waals surface area (Å²) in [7, 11) is 0. The highest BCUT2D eigenvalue weighted by atomic mass is 32.1. The van der Waals surface area contributed by atoms with Crippen LogP contribution in [0.25, 0.3) is 11.1 Å². The highest BCUT2D eigenvalue weighted by Gasteiger charge is 2.26. The average Bonchev–Trinajstić information content (AvgIpc) is 3.03. The normalized spacial score (nSPS) is 18.7. The molecule has 0 saturated heterocycles. The summed E-state index contributed by atoms with van der Waals surface area (Å²) in [6.45, 7) is 0.908. The first-order chi connectivity index (χ1) is 9.31. The van der Waals surface area contributed by atoms with E-state index in [1.165, 1.54) is 22.6 Å². The molecule has 0 radical (unpaired) electrons. The van der Waals surface area contributed by atoms with Crippen molar-refractivity contribution in [2.24, 2.45) is 0 Å². The summed E-state index contributed by atoms with van der Waals surface area (Å²) in [6, 6.07) is 6.51. The fourth-order valence-electron chi connectivity index (χ4n) is 2.51. The molecule has 0 bridgehead atoms. The number of oxazole rings is 1. The van der Waals surface area contributed by atoms with E-state index < -0.39 is 0 Å². The van der Waals surface area contributed by atoms with Gasteiger partial charge < -0.3 is 9.73 Å². The third kappa shape index (κ3) is 1.77. The zero-order valence-electron chi connectivity index (χ0n) is 10.0. The average molecular weight is 274 g/mol. The summed E-state index contributed by atoms with van der Waals surface area (Å²) in [5.41, 5.74) is 2.42. The lowest BCUT2D eigenvalue weighted by atomic mass is 10.0. The summed E-state index contributed by atoms with van der Waals surface area (Å²) in [4.78, 5) is 5.84. The number of nitrogens with zero attached hydrogens (tertiary/aromatic N) is 1. The molecule has 5 heteroatoms. The zero-order valence-corrected chi connectivity index (χ0v) is 10.8. The van der Waals surface area contributed by atoms with Crippen molar-refractivity contribution in [2.45, 2.75) is 12.5 Å². The van der Waals surface area contributed by atoms with E-state index in [0.717, 1.165) is 13.0 Å². The number of hydrogen-bond donors (Lipinski definition) is 1. The Bertz CT molecular complexity index is 749. The first kappa shape index (κ1) is 11.1. The number of aromatic nitrogens is 1. The van der Waals surface area contributed by atoms with Crippen LogP contribution in [0.15, 0.2) is 34.1 Å². The van der Waals surface area contributed by atoms with Gasteiger partial charge in [-0.05, 0) is 35.6 Å². The first-order valence-electron chi connectivity index (χ1n) is 6.17. The molecule has 1 atom stereocenters. The summed E-state index contributed by atoms with van der Waals surface area (Å²) in [5, 5.41) is 5.50. The second-order valence-corrected chi connectivity index (χ2v) is 5.60. The number of fused-ring (bicyclic) bond motifs is 2. The van der Waals surface area contributed by atoms with E-state index in [0.29, 0.717) is 17.0 Å². The zero-order chi connectivity index (χ0) is 12.8. The lowest BCUT2D eigenvalue weighted by Crippen LogP contribution is -2.29. The largest absolute Gasteiger partial charge is 0.438 e. The Kier molecular flexibility index (Phi) is 2.43. The van der Waals surface area contributed by atoms with Gasteiger partial charge in [0.25, 0.3) is 0 Å². The number of halogens is 1. The summed E-state index contributed by atoms with van der Waals surface area (Å²) < 4.78 is 18.9. The van der Waals surface area contributed by atoms with Gasteiger partial charge >= 0.3 is 0 Å². The smallest absolute Gasteiger partial charge is 0.217 e. The maximum absolute atomic E-state index is 13.2. The highest BCUT2D eigenvalue weighted by molar-refractivity contribution is 7.10. The maximum Gasteiger partial charge on any atom is 0.217 e. The van der Waals surface area contributed by atoms with Gasteiger partial charge in [-0.25, -0.2) is 9.37 Å². The van der Waals surface area contributed by atoms with Crippen molar-refractivity contribution in [3.63, 3.8) is 0 Å². The molecule has 0 amide bonds. The Labute approximate surface area is 113 Å². The van der Waals surface area contributed by atoms with Crippen LogP contribution in [0.5, 0.6) is 0 Å². The molecular formula is C14H11FN2OS. The molecule has 0 fully saturated rings. The molecule has 1 aliphatic rings. The van der Waals surface area contributed by atoms with Crippen LogP contribution >= 0.6 is 11.3 Å². The Morgan fingerprint density at radius 3 is 3.26 bits per heavy atom. The van der Waals surface area contributed by atoms with Crippen LogP contribution in [0.2, 0.25) is 0 Å². The lowest BCUT2D eigenvalue weighted by Gasteiger charge is -2.21. The minimum atomic E-state index is -0.303. The topological polar surface area (TPSA) is 38.1 Å². The van der Waals surface area contributed by atoms with Crippen molar-refractivity contribution >= 4 is 22.4 Å². The lowest BCUT2D eigenvalue weighted by molar-refractivity contribution is 0.441. The molecule has 0 spiro atoms. The highest BCUT2D eigenvalue weighted by Crippen LogP contribution is 2.33. The van der Waals surface area contributed by atoms with E-state index in [9.17, 15) is 4.39 Å². The quantitative estimate of drug-likeness (QED) is 0.740. The molecule has 96 valence electrons. The summed E-state index contributed by atoms with van der Waals surface area (Å²) >= 11 is 1.76. The molecule has 3 heterocycles. The van der Waals surface area contributed by atoms with Crippen LogP contribution in [0.1, 0.15) is 22.4 Å². The Hall–Kier alpha value is -1.72. The Morgan fingerprint density at radius 2 is 2.32 bits per heavy atom. The first-order valence-corrected chi connectivity index (χ1v) is 7.05. The van der Waals surface area contributed by atoms with Gasteiger partial charge in [0.2, 0.25) is 5.89 Å². The third-order valence-electron chi connectivity index (χ3n) is 3.41. The number of hydrogen-bond acceptors (Lipinski definition) is 4. The summed E-state index contributed by atoms with van der Waals surface area (Å²) in [6.07, 6.45) is 1.04. The van der Waals surface area contributed by atoms with Crippen LogP contribution in [-0.2, 0) is 6.42 Å². The van der Waals surface area contributed by atoms with Crippen LogP contribution in [0.3, 0.4) is 0 Å². The SMILES string of the molecule is Fc1ccc2nc(C3NCCc4sccc43)oc2c1. The van der Waals surface area contributed by atoms with Gasteiger partial charge in [-0.3, -0.25) is 0 Å². The van der Waals surface area contributed by atoms with Gasteiger partial charge in [0.1, 0.15) is 17.4 Å². The van der Waals surface area contributed by atoms with Gasteiger partial charge in [0.15, 0.2) is 5.58 Å². The molecule has 2 aromatic heterocycles. The van der Waals surface area contributed by atoms with Crippen molar-refractivity contribution in [2.75, 3.05) is 6.54 Å². The molecule has 4 rings (SSSR count). The van der Waals surface area contributed by atoms with Gasteiger partial charge in [0.05, 0.1) is 0 Å². The Balaban J connectivity index is 1.83. The van der Waals surface area contributed by atoms with Crippen molar-refractivity contribution in [3.8, 4) is 0 Å². The molecule has 19 heavy (non-hydrogen) atoms. The fraction of sp³-hybridized carbons (Fsp3) is 0.214. The van der Waals surface area contributed by atoms with Crippen molar-refractivity contribution in [1.82, 2.24) is 10.3 Å².